The van der Waals surface area contributed by atoms with Crippen molar-refractivity contribution in [1.29, 1.82) is 0 Å². The quantitative estimate of drug-likeness (QED) is 0.742. The first-order chi connectivity index (χ1) is 10.6. The van der Waals surface area contributed by atoms with Crippen LogP contribution in [0, 0.1) is 5.92 Å². The highest BCUT2D eigenvalue weighted by Gasteiger charge is 2.11. The summed E-state index contributed by atoms with van der Waals surface area (Å²) >= 11 is 6.01. The summed E-state index contributed by atoms with van der Waals surface area (Å²) in [5.74, 6) is 0.539. The van der Waals surface area contributed by atoms with Crippen LogP contribution in [0.4, 0.5) is 0 Å². The SMILES string of the molecule is CC(C)CCn1cnc2c(cnn2-c2cccc(Cl)c2)c1=O. The van der Waals surface area contributed by atoms with Crippen LogP contribution >= 0.6 is 11.6 Å². The molecule has 0 radical (unpaired) electrons. The highest BCUT2D eigenvalue weighted by Crippen LogP contribution is 2.17. The van der Waals surface area contributed by atoms with Gasteiger partial charge in [-0.15, -0.1) is 0 Å². The van der Waals surface area contributed by atoms with E-state index < -0.39 is 0 Å². The second-order valence-corrected chi connectivity index (χ2v) is 6.14. The summed E-state index contributed by atoms with van der Waals surface area (Å²) in [6, 6.07) is 7.31. The lowest BCUT2D eigenvalue weighted by Crippen LogP contribution is -2.21. The summed E-state index contributed by atoms with van der Waals surface area (Å²) < 4.78 is 3.28. The fourth-order valence-corrected chi connectivity index (χ4v) is 2.49. The molecule has 0 saturated heterocycles. The van der Waals surface area contributed by atoms with E-state index in [0.29, 0.717) is 28.5 Å². The molecule has 2 aromatic heterocycles. The average Bonchev–Trinajstić information content (AvgIpc) is 2.91. The second kappa shape index (κ2) is 5.93. The molecule has 0 aliphatic carbocycles. The van der Waals surface area contributed by atoms with E-state index in [9.17, 15) is 4.79 Å². The number of aryl methyl sites for hydroxylation is 1. The number of aromatic nitrogens is 4. The van der Waals surface area contributed by atoms with E-state index >= 15 is 0 Å². The molecule has 0 saturated carbocycles. The van der Waals surface area contributed by atoms with Gasteiger partial charge in [-0.25, -0.2) is 9.67 Å². The van der Waals surface area contributed by atoms with Crippen molar-refractivity contribution in [3.8, 4) is 5.69 Å². The Hall–Kier alpha value is -2.14. The summed E-state index contributed by atoms with van der Waals surface area (Å²) in [6.45, 7) is 4.93. The molecule has 22 heavy (non-hydrogen) atoms. The van der Waals surface area contributed by atoms with Gasteiger partial charge in [-0.05, 0) is 30.5 Å². The molecular formula is C16H17ClN4O. The zero-order valence-electron chi connectivity index (χ0n) is 12.5. The Labute approximate surface area is 133 Å². The third kappa shape index (κ3) is 2.76. The predicted octanol–water partition coefficient (Wildman–Crippen LogP) is 3.28. The summed E-state index contributed by atoms with van der Waals surface area (Å²) in [7, 11) is 0. The van der Waals surface area contributed by atoms with Gasteiger partial charge in [-0.1, -0.05) is 31.5 Å². The predicted molar refractivity (Wildman–Crippen MR) is 87.6 cm³/mol. The molecule has 5 nitrogen and oxygen atoms in total. The molecule has 0 aliphatic heterocycles. The maximum Gasteiger partial charge on any atom is 0.264 e. The Bertz CT molecular complexity index is 866. The minimum absolute atomic E-state index is 0.0565. The normalized spacial score (nSPS) is 11.5. The van der Waals surface area contributed by atoms with Gasteiger partial charge in [0.1, 0.15) is 5.39 Å². The van der Waals surface area contributed by atoms with E-state index in [4.69, 9.17) is 11.6 Å². The van der Waals surface area contributed by atoms with Gasteiger partial charge in [0, 0.05) is 11.6 Å². The van der Waals surface area contributed by atoms with Crippen molar-refractivity contribution >= 4 is 22.6 Å². The first kappa shape index (κ1) is 14.8. The van der Waals surface area contributed by atoms with Crippen molar-refractivity contribution in [3.05, 3.63) is 52.2 Å². The summed E-state index contributed by atoms with van der Waals surface area (Å²) in [5, 5.41) is 5.42. The van der Waals surface area contributed by atoms with Crippen molar-refractivity contribution in [2.75, 3.05) is 0 Å². The molecule has 0 atom stereocenters. The lowest BCUT2D eigenvalue weighted by Gasteiger charge is -2.08. The van der Waals surface area contributed by atoms with Gasteiger partial charge in [-0.3, -0.25) is 9.36 Å². The van der Waals surface area contributed by atoms with Crippen LogP contribution in [0.25, 0.3) is 16.7 Å². The fourth-order valence-electron chi connectivity index (χ4n) is 2.30. The molecule has 1 aromatic carbocycles. The van der Waals surface area contributed by atoms with Crippen molar-refractivity contribution in [2.24, 2.45) is 5.92 Å². The highest BCUT2D eigenvalue weighted by molar-refractivity contribution is 6.30. The van der Waals surface area contributed by atoms with Gasteiger partial charge in [0.2, 0.25) is 0 Å². The lowest BCUT2D eigenvalue weighted by atomic mass is 10.1. The van der Waals surface area contributed by atoms with Crippen LogP contribution in [0.15, 0.2) is 41.6 Å². The van der Waals surface area contributed by atoms with Gasteiger partial charge in [-0.2, -0.15) is 5.10 Å². The maximum absolute atomic E-state index is 12.5. The summed E-state index contributed by atoms with van der Waals surface area (Å²) in [6.07, 6.45) is 4.10. The van der Waals surface area contributed by atoms with Crippen molar-refractivity contribution < 1.29 is 0 Å². The Morgan fingerprint density at radius 2 is 2.14 bits per heavy atom. The van der Waals surface area contributed by atoms with E-state index in [1.165, 1.54) is 0 Å². The molecule has 0 fully saturated rings. The van der Waals surface area contributed by atoms with Crippen molar-refractivity contribution in [3.63, 3.8) is 0 Å². The summed E-state index contributed by atoms with van der Waals surface area (Å²) in [4.78, 5) is 16.9. The standard InChI is InChI=1S/C16H17ClN4O/c1-11(2)6-7-20-10-18-15-14(16(20)22)9-19-21(15)13-5-3-4-12(17)8-13/h3-5,8-11H,6-7H2,1-2H3. The van der Waals surface area contributed by atoms with Crippen LogP contribution in [0.1, 0.15) is 20.3 Å². The third-order valence-corrected chi connectivity index (χ3v) is 3.79. The zero-order valence-corrected chi connectivity index (χ0v) is 13.3. The topological polar surface area (TPSA) is 52.7 Å². The Kier molecular flexibility index (Phi) is 3.98. The van der Waals surface area contributed by atoms with E-state index in [1.54, 1.807) is 33.9 Å². The van der Waals surface area contributed by atoms with Crippen LogP contribution in [0.3, 0.4) is 0 Å². The molecule has 114 valence electrons. The van der Waals surface area contributed by atoms with E-state index in [-0.39, 0.29) is 5.56 Å². The number of benzene rings is 1. The van der Waals surface area contributed by atoms with E-state index in [0.717, 1.165) is 12.1 Å². The third-order valence-electron chi connectivity index (χ3n) is 3.55. The monoisotopic (exact) mass is 316 g/mol. The van der Waals surface area contributed by atoms with Crippen LogP contribution in [-0.2, 0) is 6.54 Å². The number of halogens is 1. The van der Waals surface area contributed by atoms with Gasteiger partial charge in [0.05, 0.1) is 18.2 Å². The van der Waals surface area contributed by atoms with Gasteiger partial charge >= 0.3 is 0 Å². The number of hydrogen-bond acceptors (Lipinski definition) is 3. The molecule has 0 spiro atoms. The minimum atomic E-state index is -0.0565. The van der Waals surface area contributed by atoms with Crippen LogP contribution in [-0.4, -0.2) is 19.3 Å². The lowest BCUT2D eigenvalue weighted by molar-refractivity contribution is 0.506. The first-order valence-corrected chi connectivity index (χ1v) is 7.63. The Morgan fingerprint density at radius 1 is 1.32 bits per heavy atom. The molecule has 6 heteroatoms. The van der Waals surface area contributed by atoms with E-state index in [2.05, 4.69) is 23.9 Å². The molecule has 0 unspecified atom stereocenters. The van der Waals surface area contributed by atoms with Crippen LogP contribution in [0.2, 0.25) is 5.02 Å². The molecule has 0 amide bonds. The molecule has 0 bridgehead atoms. The fraction of sp³-hybridized carbons (Fsp3) is 0.312. The van der Waals surface area contributed by atoms with Gasteiger partial charge in [0.15, 0.2) is 5.65 Å². The molecule has 0 aliphatic rings. The maximum atomic E-state index is 12.5. The average molecular weight is 317 g/mol. The minimum Gasteiger partial charge on any atom is -0.299 e. The number of fused-ring (bicyclic) bond motifs is 1. The van der Waals surface area contributed by atoms with Crippen LogP contribution < -0.4 is 5.56 Å². The second-order valence-electron chi connectivity index (χ2n) is 5.70. The molecular weight excluding hydrogens is 300 g/mol. The van der Waals surface area contributed by atoms with Crippen molar-refractivity contribution in [2.45, 2.75) is 26.8 Å². The molecule has 3 rings (SSSR count). The van der Waals surface area contributed by atoms with Crippen LogP contribution in [0.5, 0.6) is 0 Å². The molecule has 0 N–H and O–H groups in total. The van der Waals surface area contributed by atoms with E-state index in [1.807, 2.05) is 12.1 Å². The largest absolute Gasteiger partial charge is 0.299 e. The van der Waals surface area contributed by atoms with Gasteiger partial charge < -0.3 is 0 Å². The number of nitrogens with zero attached hydrogens (tertiary/aromatic N) is 4. The smallest absolute Gasteiger partial charge is 0.264 e. The molecule has 2 heterocycles. The van der Waals surface area contributed by atoms with Crippen molar-refractivity contribution in [1.82, 2.24) is 19.3 Å². The highest BCUT2D eigenvalue weighted by atomic mass is 35.5. The Morgan fingerprint density at radius 3 is 2.86 bits per heavy atom. The first-order valence-electron chi connectivity index (χ1n) is 7.25. The number of rotatable bonds is 4. The number of hydrogen-bond donors (Lipinski definition) is 0. The Balaban J connectivity index is 2.06. The molecule has 3 aromatic rings. The zero-order chi connectivity index (χ0) is 15.7. The van der Waals surface area contributed by atoms with Gasteiger partial charge in [0.25, 0.3) is 5.56 Å². The summed E-state index contributed by atoms with van der Waals surface area (Å²) in [5.41, 5.74) is 1.28.